The average molecular weight is 500 g/mol. The van der Waals surface area contributed by atoms with Crippen LogP contribution in [0.2, 0.25) is 5.02 Å². The Morgan fingerprint density at radius 2 is 1.97 bits per heavy atom. The third-order valence-electron chi connectivity index (χ3n) is 7.01. The van der Waals surface area contributed by atoms with E-state index in [1.54, 1.807) is 24.4 Å². The zero-order valence-electron chi connectivity index (χ0n) is 19.0. The summed E-state index contributed by atoms with van der Waals surface area (Å²) in [5.41, 5.74) is 0.981. The number of benzene rings is 1. The molecule has 34 heavy (non-hydrogen) atoms. The van der Waals surface area contributed by atoms with E-state index in [4.69, 9.17) is 11.6 Å². The highest BCUT2D eigenvalue weighted by atomic mass is 35.5. The molecule has 3 heterocycles. The first-order valence-corrected chi connectivity index (χ1v) is 13.2. The number of amides is 1. The van der Waals surface area contributed by atoms with Crippen molar-refractivity contribution in [3.05, 3.63) is 59.0 Å². The van der Waals surface area contributed by atoms with E-state index in [9.17, 15) is 4.79 Å². The molecule has 0 spiro atoms. The van der Waals surface area contributed by atoms with E-state index in [0.717, 1.165) is 18.4 Å². The zero-order chi connectivity index (χ0) is 23.7. The number of nitrogens with zero attached hydrogens (tertiary/aromatic N) is 4. The van der Waals surface area contributed by atoms with Crippen molar-refractivity contribution in [1.82, 2.24) is 25.2 Å². The Morgan fingerprint density at radius 1 is 1.24 bits per heavy atom. The molecule has 6 nitrogen and oxygen atoms in total. The molecule has 1 atom stereocenters. The number of piperidine rings is 1. The number of carbonyl (C=O) groups excluding carboxylic acids is 1. The topological polar surface area (TPSA) is 71.0 Å². The van der Waals surface area contributed by atoms with Crippen molar-refractivity contribution in [3.8, 4) is 0 Å². The summed E-state index contributed by atoms with van der Waals surface area (Å²) in [6.45, 7) is 1.62. The van der Waals surface area contributed by atoms with Gasteiger partial charge in [-0.3, -0.25) is 14.7 Å². The van der Waals surface area contributed by atoms with Crippen LogP contribution in [0.25, 0.3) is 10.9 Å². The summed E-state index contributed by atoms with van der Waals surface area (Å²) in [5, 5.41) is 4.85. The number of thioether (sulfide) groups is 1. The van der Waals surface area contributed by atoms with E-state index in [1.807, 2.05) is 24.7 Å². The summed E-state index contributed by atoms with van der Waals surface area (Å²) < 4.78 is 15.3. The molecule has 2 fully saturated rings. The Morgan fingerprint density at radius 3 is 2.65 bits per heavy atom. The fourth-order valence-corrected chi connectivity index (χ4v) is 5.48. The monoisotopic (exact) mass is 499 g/mol. The highest BCUT2D eigenvalue weighted by molar-refractivity contribution is 7.98. The summed E-state index contributed by atoms with van der Waals surface area (Å²) in [4.78, 5) is 28.7. The van der Waals surface area contributed by atoms with Crippen LogP contribution >= 0.6 is 23.4 Å². The Hall–Kier alpha value is -2.29. The minimum absolute atomic E-state index is 0.157. The molecular weight excluding hydrogens is 473 g/mol. The van der Waals surface area contributed by atoms with Gasteiger partial charge < -0.3 is 5.32 Å². The molecule has 1 saturated carbocycles. The average Bonchev–Trinajstić information content (AvgIpc) is 3.72. The van der Waals surface area contributed by atoms with Crippen LogP contribution in [-0.2, 0) is 0 Å². The number of aromatic nitrogens is 3. The minimum atomic E-state index is -1.05. The quantitative estimate of drug-likeness (QED) is 0.361. The number of rotatable bonds is 7. The summed E-state index contributed by atoms with van der Waals surface area (Å²) >= 11 is 7.89. The summed E-state index contributed by atoms with van der Waals surface area (Å²) in [6, 6.07) is 6.98. The molecule has 1 amide bonds. The molecule has 2 aliphatic rings. The van der Waals surface area contributed by atoms with Gasteiger partial charge in [0.15, 0.2) is 5.16 Å². The van der Waals surface area contributed by atoms with Crippen molar-refractivity contribution in [2.24, 2.45) is 5.92 Å². The molecule has 3 aromatic rings. The molecule has 1 N–H and O–H groups in total. The number of nitrogens with one attached hydrogen (secondary N) is 1. The molecule has 5 rings (SSSR count). The van der Waals surface area contributed by atoms with Crippen molar-refractivity contribution in [1.29, 1.82) is 0 Å². The van der Waals surface area contributed by atoms with Crippen LogP contribution in [0.3, 0.4) is 0 Å². The van der Waals surface area contributed by atoms with Crippen molar-refractivity contribution in [2.45, 2.75) is 42.6 Å². The zero-order valence-corrected chi connectivity index (χ0v) is 20.6. The van der Waals surface area contributed by atoms with Crippen molar-refractivity contribution < 1.29 is 9.18 Å². The van der Waals surface area contributed by atoms with E-state index >= 15 is 4.39 Å². The predicted octanol–water partition coefficient (Wildman–Crippen LogP) is 5.09. The molecule has 9 heteroatoms. The first-order chi connectivity index (χ1) is 16.5. The van der Waals surface area contributed by atoms with Gasteiger partial charge in [0.05, 0.1) is 22.1 Å². The highest BCUT2D eigenvalue weighted by Crippen LogP contribution is 2.48. The summed E-state index contributed by atoms with van der Waals surface area (Å²) in [5.74, 6) is -0.0378. The largest absolute Gasteiger partial charge is 0.350 e. The lowest BCUT2D eigenvalue weighted by atomic mass is 9.87. The van der Waals surface area contributed by atoms with Crippen molar-refractivity contribution in [2.75, 3.05) is 25.9 Å². The van der Waals surface area contributed by atoms with E-state index in [-0.39, 0.29) is 17.9 Å². The SMILES string of the molecule is CSc1ncc(C(CNC(=O)c2c(Cl)ccc3ncccc23)N2CCC(F)(C3CC3)CC2)cn1. The number of carbonyl (C=O) groups is 1. The standard InChI is InChI=1S/C25H27ClFN5OS/c1-34-24-30-13-16(14-31-24)21(32-11-8-25(27,9-12-32)17-4-5-17)15-29-23(33)22-18-3-2-10-28-20(18)7-6-19(22)26/h2-3,6-7,10,13-14,17,21H,4-5,8-9,11-12,15H2,1H3,(H,29,33). The van der Waals surface area contributed by atoms with Gasteiger partial charge in [-0.25, -0.2) is 14.4 Å². The first-order valence-electron chi connectivity index (χ1n) is 11.6. The molecule has 2 aromatic heterocycles. The van der Waals surface area contributed by atoms with Crippen LogP contribution in [0.5, 0.6) is 0 Å². The first kappa shape index (κ1) is 23.5. The number of alkyl halides is 1. The fourth-order valence-electron chi connectivity index (χ4n) is 4.91. The van der Waals surface area contributed by atoms with Gasteiger partial charge in [-0.15, -0.1) is 0 Å². The van der Waals surface area contributed by atoms with Gasteiger partial charge in [0, 0.05) is 49.2 Å². The Labute approximate surface area is 207 Å². The smallest absolute Gasteiger partial charge is 0.253 e. The number of likely N-dealkylation sites (tertiary alicyclic amines) is 1. The molecule has 178 valence electrons. The Kier molecular flexibility index (Phi) is 6.73. The van der Waals surface area contributed by atoms with Gasteiger partial charge in [0.25, 0.3) is 5.91 Å². The molecule has 1 saturated heterocycles. The van der Waals surface area contributed by atoms with Crippen LogP contribution < -0.4 is 5.32 Å². The highest BCUT2D eigenvalue weighted by Gasteiger charge is 2.48. The van der Waals surface area contributed by atoms with Gasteiger partial charge in [0.2, 0.25) is 0 Å². The van der Waals surface area contributed by atoms with E-state index in [2.05, 4.69) is 25.2 Å². The van der Waals surface area contributed by atoms with Crippen molar-refractivity contribution in [3.63, 3.8) is 0 Å². The number of fused-ring (bicyclic) bond motifs is 1. The maximum atomic E-state index is 15.3. The molecule has 1 aliphatic carbocycles. The number of hydrogen-bond acceptors (Lipinski definition) is 6. The number of pyridine rings is 1. The second-order valence-corrected chi connectivity index (χ2v) is 10.2. The van der Waals surface area contributed by atoms with Crippen LogP contribution in [-0.4, -0.2) is 57.3 Å². The van der Waals surface area contributed by atoms with Crippen LogP contribution in [0, 0.1) is 5.92 Å². The molecule has 1 aromatic carbocycles. The lowest BCUT2D eigenvalue weighted by Crippen LogP contribution is -2.47. The lowest BCUT2D eigenvalue weighted by Gasteiger charge is -2.40. The van der Waals surface area contributed by atoms with E-state index in [1.165, 1.54) is 11.8 Å². The number of hydrogen-bond donors (Lipinski definition) is 1. The minimum Gasteiger partial charge on any atom is -0.350 e. The van der Waals surface area contributed by atoms with Crippen LogP contribution in [0.15, 0.2) is 48.0 Å². The third-order valence-corrected chi connectivity index (χ3v) is 7.90. The lowest BCUT2D eigenvalue weighted by molar-refractivity contribution is 0.0214. The molecule has 1 unspecified atom stereocenters. The maximum Gasteiger partial charge on any atom is 0.253 e. The van der Waals surface area contributed by atoms with E-state index in [0.29, 0.717) is 59.1 Å². The van der Waals surface area contributed by atoms with Gasteiger partial charge in [-0.2, -0.15) is 0 Å². The summed E-state index contributed by atoms with van der Waals surface area (Å²) in [7, 11) is 0. The summed E-state index contributed by atoms with van der Waals surface area (Å²) in [6.07, 6.45) is 10.3. The molecular formula is C25H27ClFN5OS. The van der Waals surface area contributed by atoms with Crippen LogP contribution in [0.4, 0.5) is 4.39 Å². The maximum absolute atomic E-state index is 15.3. The molecule has 0 radical (unpaired) electrons. The molecule has 1 aliphatic heterocycles. The fraction of sp³-hybridized carbons (Fsp3) is 0.440. The van der Waals surface area contributed by atoms with Crippen LogP contribution in [0.1, 0.15) is 47.6 Å². The normalized spacial score (nSPS) is 19.1. The van der Waals surface area contributed by atoms with Gasteiger partial charge in [-0.05, 0) is 56.1 Å². The predicted molar refractivity (Wildman–Crippen MR) is 133 cm³/mol. The third kappa shape index (κ3) is 4.76. The number of halogens is 2. The second-order valence-electron chi connectivity index (χ2n) is 9.07. The van der Waals surface area contributed by atoms with Gasteiger partial charge >= 0.3 is 0 Å². The second kappa shape index (κ2) is 9.76. The Bertz CT molecular complexity index is 1180. The Balaban J connectivity index is 1.36. The van der Waals surface area contributed by atoms with Gasteiger partial charge in [0.1, 0.15) is 5.67 Å². The van der Waals surface area contributed by atoms with Gasteiger partial charge in [-0.1, -0.05) is 29.4 Å². The van der Waals surface area contributed by atoms with E-state index < -0.39 is 5.67 Å². The van der Waals surface area contributed by atoms with Crippen molar-refractivity contribution >= 4 is 40.2 Å². The molecule has 0 bridgehead atoms.